The summed E-state index contributed by atoms with van der Waals surface area (Å²) in [7, 11) is 0. The van der Waals surface area contributed by atoms with Gasteiger partial charge in [0.1, 0.15) is 0 Å². The molecule has 1 N–H and O–H groups in total. The summed E-state index contributed by atoms with van der Waals surface area (Å²) in [5.74, 6) is 2.37. The number of rotatable bonds is 5. The minimum Gasteiger partial charge on any atom is -0.369 e. The Bertz CT molecular complexity index is 780. The first-order valence-corrected chi connectivity index (χ1v) is 12.0. The molecule has 0 saturated carbocycles. The van der Waals surface area contributed by atoms with Crippen molar-refractivity contribution in [3.8, 4) is 0 Å². The number of likely N-dealkylation sites (N-methyl/N-ethyl adjacent to an activating group) is 1. The number of benzene rings is 2. The van der Waals surface area contributed by atoms with Crippen LogP contribution in [0.25, 0.3) is 0 Å². The number of piperazine rings is 1. The second kappa shape index (κ2) is 9.25. The minimum atomic E-state index is -0.0532. The molecule has 28 heavy (non-hydrogen) atoms. The molecule has 4 rings (SSSR count). The first-order chi connectivity index (χ1) is 13.7. The molecule has 0 aromatic heterocycles. The Morgan fingerprint density at radius 2 is 1.61 bits per heavy atom. The topological polar surface area (TPSA) is 35.6 Å². The quantitative estimate of drug-likeness (QED) is 0.777. The van der Waals surface area contributed by atoms with Crippen molar-refractivity contribution in [2.75, 3.05) is 54.4 Å². The van der Waals surface area contributed by atoms with Crippen LogP contribution >= 0.6 is 23.5 Å². The predicted molar refractivity (Wildman–Crippen MR) is 123 cm³/mol. The number of hydrogen-bond acceptors (Lipinski definition) is 5. The van der Waals surface area contributed by atoms with Crippen LogP contribution in [0.5, 0.6) is 0 Å². The highest BCUT2D eigenvalue weighted by atomic mass is 32.2. The van der Waals surface area contributed by atoms with Gasteiger partial charge < -0.3 is 15.1 Å². The van der Waals surface area contributed by atoms with Crippen molar-refractivity contribution in [2.24, 2.45) is 0 Å². The monoisotopic (exact) mass is 413 g/mol. The first-order valence-electron chi connectivity index (χ1n) is 9.95. The average Bonchev–Trinajstić information content (AvgIpc) is 3.29. The molecule has 2 saturated heterocycles. The van der Waals surface area contributed by atoms with E-state index in [-0.39, 0.29) is 5.91 Å². The van der Waals surface area contributed by atoms with Gasteiger partial charge in [-0.1, -0.05) is 19.1 Å². The summed E-state index contributed by atoms with van der Waals surface area (Å²) in [6.07, 6.45) is 0. The first kappa shape index (κ1) is 19.7. The van der Waals surface area contributed by atoms with Crippen LogP contribution in [-0.4, -0.2) is 55.0 Å². The second-order valence-electron chi connectivity index (χ2n) is 7.12. The third-order valence-electron chi connectivity index (χ3n) is 5.38. The van der Waals surface area contributed by atoms with Crippen LogP contribution in [0.15, 0.2) is 48.5 Å². The Morgan fingerprint density at radius 3 is 2.21 bits per heavy atom. The zero-order valence-electron chi connectivity index (χ0n) is 16.3. The van der Waals surface area contributed by atoms with Gasteiger partial charge in [-0.25, -0.2) is 0 Å². The SMILES string of the molecule is CCN1CCN(c2ccc(NC(=O)c3ccc(C4SCCS4)cc3)cc2)CC1. The molecule has 2 heterocycles. The number of nitrogens with zero attached hydrogens (tertiary/aromatic N) is 2. The fourth-order valence-electron chi connectivity index (χ4n) is 3.62. The number of carbonyl (C=O) groups excluding carboxylic acids is 1. The Kier molecular flexibility index (Phi) is 6.50. The molecule has 2 aliphatic rings. The van der Waals surface area contributed by atoms with Crippen molar-refractivity contribution < 1.29 is 4.79 Å². The smallest absolute Gasteiger partial charge is 0.255 e. The molecule has 148 valence electrons. The van der Waals surface area contributed by atoms with Crippen molar-refractivity contribution in [3.63, 3.8) is 0 Å². The average molecular weight is 414 g/mol. The van der Waals surface area contributed by atoms with Gasteiger partial charge in [-0.05, 0) is 48.5 Å². The number of anilines is 2. The van der Waals surface area contributed by atoms with Crippen molar-refractivity contribution >= 4 is 40.8 Å². The Hall–Kier alpha value is -1.63. The van der Waals surface area contributed by atoms with Crippen molar-refractivity contribution in [3.05, 3.63) is 59.7 Å². The zero-order chi connectivity index (χ0) is 19.3. The second-order valence-corrected chi connectivity index (χ2v) is 9.84. The van der Waals surface area contributed by atoms with Crippen molar-refractivity contribution in [2.45, 2.75) is 11.5 Å². The highest BCUT2D eigenvalue weighted by molar-refractivity contribution is 8.19. The summed E-state index contributed by atoms with van der Waals surface area (Å²) >= 11 is 3.96. The predicted octanol–water partition coefficient (Wildman–Crippen LogP) is 4.56. The lowest BCUT2D eigenvalue weighted by Crippen LogP contribution is -2.46. The van der Waals surface area contributed by atoms with E-state index < -0.39 is 0 Å². The van der Waals surface area contributed by atoms with Crippen LogP contribution in [0.1, 0.15) is 27.4 Å². The van der Waals surface area contributed by atoms with E-state index in [1.807, 2.05) is 47.8 Å². The maximum Gasteiger partial charge on any atom is 0.255 e. The molecule has 4 nitrogen and oxygen atoms in total. The molecule has 6 heteroatoms. The maximum absolute atomic E-state index is 12.6. The maximum atomic E-state index is 12.6. The van der Waals surface area contributed by atoms with Crippen LogP contribution in [0.3, 0.4) is 0 Å². The lowest BCUT2D eigenvalue weighted by molar-refractivity contribution is 0.102. The molecule has 1 amide bonds. The van der Waals surface area contributed by atoms with E-state index in [0.717, 1.165) is 38.4 Å². The summed E-state index contributed by atoms with van der Waals surface area (Å²) in [6.45, 7) is 7.68. The van der Waals surface area contributed by atoms with Gasteiger partial charge in [-0.15, -0.1) is 23.5 Å². The van der Waals surface area contributed by atoms with E-state index in [9.17, 15) is 4.79 Å². The summed E-state index contributed by atoms with van der Waals surface area (Å²) in [4.78, 5) is 17.4. The van der Waals surface area contributed by atoms with Gasteiger partial charge in [0.05, 0.1) is 4.58 Å². The Labute approximate surface area is 176 Å². The van der Waals surface area contributed by atoms with Gasteiger partial charge in [0.15, 0.2) is 0 Å². The molecule has 0 spiro atoms. The van der Waals surface area contributed by atoms with E-state index in [4.69, 9.17) is 0 Å². The van der Waals surface area contributed by atoms with Crippen LogP contribution in [0.4, 0.5) is 11.4 Å². The van der Waals surface area contributed by atoms with Gasteiger partial charge in [0.2, 0.25) is 0 Å². The molecular formula is C22H27N3OS2. The van der Waals surface area contributed by atoms with Crippen LogP contribution in [0, 0.1) is 0 Å². The normalized spacial score (nSPS) is 18.4. The number of amides is 1. The number of carbonyl (C=O) groups is 1. The number of nitrogens with one attached hydrogen (secondary N) is 1. The van der Waals surface area contributed by atoms with Gasteiger partial charge in [0, 0.05) is 54.6 Å². The van der Waals surface area contributed by atoms with Crippen molar-refractivity contribution in [1.29, 1.82) is 0 Å². The van der Waals surface area contributed by atoms with Gasteiger partial charge >= 0.3 is 0 Å². The van der Waals surface area contributed by atoms with Crippen LogP contribution in [-0.2, 0) is 0 Å². The summed E-state index contributed by atoms with van der Waals surface area (Å²) in [5.41, 5.74) is 4.07. The fraction of sp³-hybridized carbons (Fsp3) is 0.409. The van der Waals surface area contributed by atoms with E-state index in [1.54, 1.807) is 0 Å². The minimum absolute atomic E-state index is 0.0532. The molecule has 2 fully saturated rings. The van der Waals surface area contributed by atoms with E-state index >= 15 is 0 Å². The van der Waals surface area contributed by atoms with Gasteiger partial charge in [-0.3, -0.25) is 4.79 Å². The van der Waals surface area contributed by atoms with Crippen LogP contribution in [0.2, 0.25) is 0 Å². The summed E-state index contributed by atoms with van der Waals surface area (Å²) in [6, 6.07) is 16.3. The Balaban J connectivity index is 1.34. The van der Waals surface area contributed by atoms with Crippen molar-refractivity contribution in [1.82, 2.24) is 4.90 Å². The lowest BCUT2D eigenvalue weighted by Gasteiger charge is -2.35. The Morgan fingerprint density at radius 1 is 0.964 bits per heavy atom. The molecule has 2 aliphatic heterocycles. The summed E-state index contributed by atoms with van der Waals surface area (Å²) in [5, 5.41) is 3.02. The third kappa shape index (κ3) is 4.67. The summed E-state index contributed by atoms with van der Waals surface area (Å²) < 4.78 is 0.517. The molecule has 0 unspecified atom stereocenters. The highest BCUT2D eigenvalue weighted by Crippen LogP contribution is 2.45. The van der Waals surface area contributed by atoms with Gasteiger partial charge in [-0.2, -0.15) is 0 Å². The number of hydrogen-bond donors (Lipinski definition) is 1. The molecule has 0 radical (unpaired) electrons. The molecule has 0 bridgehead atoms. The zero-order valence-corrected chi connectivity index (χ0v) is 17.9. The van der Waals surface area contributed by atoms with Crippen LogP contribution < -0.4 is 10.2 Å². The lowest BCUT2D eigenvalue weighted by atomic mass is 10.1. The van der Waals surface area contributed by atoms with Gasteiger partial charge in [0.25, 0.3) is 5.91 Å². The molecule has 2 aromatic rings. The highest BCUT2D eigenvalue weighted by Gasteiger charge is 2.19. The molecular weight excluding hydrogens is 386 g/mol. The molecule has 0 aliphatic carbocycles. The largest absolute Gasteiger partial charge is 0.369 e. The van der Waals surface area contributed by atoms with E-state index in [1.165, 1.54) is 22.8 Å². The fourth-order valence-corrected chi connectivity index (χ4v) is 6.48. The van der Waals surface area contributed by atoms with E-state index in [2.05, 4.69) is 46.3 Å². The third-order valence-corrected chi connectivity index (χ3v) is 8.48. The number of thioether (sulfide) groups is 2. The standard InChI is InChI=1S/C22H27N3OS2/c1-2-24-11-13-25(14-12-24)20-9-7-19(8-10-20)23-21(26)17-3-5-18(6-4-17)22-27-15-16-28-22/h3-10,22H,2,11-16H2,1H3,(H,23,26). The molecule has 2 aromatic carbocycles. The molecule has 0 atom stereocenters. The van der Waals surface area contributed by atoms with E-state index in [0.29, 0.717) is 10.1 Å².